The average molecular weight is 415 g/mol. The van der Waals surface area contributed by atoms with Gasteiger partial charge in [0.1, 0.15) is 6.04 Å². The molecule has 0 spiro atoms. The van der Waals surface area contributed by atoms with Gasteiger partial charge in [-0.1, -0.05) is 41.9 Å². The summed E-state index contributed by atoms with van der Waals surface area (Å²) in [7, 11) is 0. The molecule has 3 amide bonds. The number of nitrogens with one attached hydrogen (secondary N) is 1. The molecule has 0 saturated heterocycles. The van der Waals surface area contributed by atoms with Crippen molar-refractivity contribution in [1.82, 2.24) is 10.2 Å². The molecule has 0 saturated carbocycles. The number of halogens is 1. The van der Waals surface area contributed by atoms with Crippen LogP contribution in [0.5, 0.6) is 0 Å². The van der Waals surface area contributed by atoms with E-state index in [4.69, 9.17) is 16.3 Å². The van der Waals surface area contributed by atoms with Crippen molar-refractivity contribution in [1.29, 1.82) is 0 Å². The Morgan fingerprint density at radius 1 is 1.00 bits per heavy atom. The van der Waals surface area contributed by atoms with E-state index in [9.17, 15) is 19.2 Å². The van der Waals surface area contributed by atoms with Gasteiger partial charge in [-0.15, -0.1) is 0 Å². The van der Waals surface area contributed by atoms with E-state index in [1.54, 1.807) is 43.3 Å². The predicted octanol–water partition coefficient (Wildman–Crippen LogP) is 2.75. The van der Waals surface area contributed by atoms with Crippen LogP contribution in [0.4, 0.5) is 0 Å². The number of hydrogen-bond acceptors (Lipinski definition) is 5. The Balaban J connectivity index is 1.57. The summed E-state index contributed by atoms with van der Waals surface area (Å²) < 4.78 is 5.01. The number of nitrogens with zero attached hydrogens (tertiary/aromatic N) is 1. The molecule has 0 aromatic heterocycles. The van der Waals surface area contributed by atoms with Crippen LogP contribution >= 0.6 is 11.6 Å². The lowest BCUT2D eigenvalue weighted by Crippen LogP contribution is -2.44. The molecule has 150 valence electrons. The van der Waals surface area contributed by atoms with Gasteiger partial charge in [-0.25, -0.2) is 4.79 Å². The first-order chi connectivity index (χ1) is 13.8. The van der Waals surface area contributed by atoms with Gasteiger partial charge in [0.2, 0.25) is 0 Å². The summed E-state index contributed by atoms with van der Waals surface area (Å²) in [5.74, 6) is -2.50. The molecular weight excluding hydrogens is 396 g/mol. The van der Waals surface area contributed by atoms with Gasteiger partial charge in [-0.3, -0.25) is 19.3 Å². The van der Waals surface area contributed by atoms with Crippen LogP contribution < -0.4 is 5.32 Å². The number of benzene rings is 2. The second-order valence-corrected chi connectivity index (χ2v) is 7.03. The van der Waals surface area contributed by atoms with E-state index >= 15 is 0 Å². The van der Waals surface area contributed by atoms with Crippen molar-refractivity contribution < 1.29 is 23.9 Å². The van der Waals surface area contributed by atoms with Crippen molar-refractivity contribution in [2.75, 3.05) is 6.61 Å². The third kappa shape index (κ3) is 4.14. The summed E-state index contributed by atoms with van der Waals surface area (Å²) in [5.41, 5.74) is 1.21. The smallest absolute Gasteiger partial charge is 0.329 e. The lowest BCUT2D eigenvalue weighted by Gasteiger charge is -2.21. The summed E-state index contributed by atoms with van der Waals surface area (Å²) in [6.45, 7) is 2.60. The minimum absolute atomic E-state index is 0.239. The zero-order chi connectivity index (χ0) is 21.1. The maximum Gasteiger partial charge on any atom is 0.329 e. The van der Waals surface area contributed by atoms with Crippen molar-refractivity contribution in [3.8, 4) is 0 Å². The summed E-state index contributed by atoms with van der Waals surface area (Å²) in [6, 6.07) is 11.9. The van der Waals surface area contributed by atoms with Gasteiger partial charge in [-0.2, -0.15) is 0 Å². The standard InChI is InChI=1S/C21H19ClN2O5/c1-12(14-7-5-6-10-17(14)22)23-18(25)11-29-21(28)13(2)24-19(26)15-8-3-4-9-16(15)20(24)27/h3-10,12-13H,11H2,1-2H3,(H,23,25)/t12-,13-/m1/s1. The molecule has 3 rings (SSSR count). The van der Waals surface area contributed by atoms with Crippen molar-refractivity contribution >= 4 is 35.3 Å². The first-order valence-electron chi connectivity index (χ1n) is 8.98. The fourth-order valence-corrected chi connectivity index (χ4v) is 3.41. The second kappa shape index (κ2) is 8.45. The Morgan fingerprint density at radius 2 is 1.55 bits per heavy atom. The second-order valence-electron chi connectivity index (χ2n) is 6.62. The zero-order valence-electron chi connectivity index (χ0n) is 15.8. The van der Waals surface area contributed by atoms with Gasteiger partial charge < -0.3 is 10.1 Å². The minimum Gasteiger partial charge on any atom is -0.454 e. The Bertz CT molecular complexity index is 956. The Labute approximate surface area is 172 Å². The van der Waals surface area contributed by atoms with Crippen LogP contribution in [-0.4, -0.2) is 41.2 Å². The normalized spacial score (nSPS) is 14.9. The van der Waals surface area contributed by atoms with Crippen molar-refractivity contribution in [3.05, 3.63) is 70.2 Å². The molecule has 1 heterocycles. The lowest BCUT2D eigenvalue weighted by molar-refractivity contribution is -0.152. The van der Waals surface area contributed by atoms with Crippen LogP contribution in [0.15, 0.2) is 48.5 Å². The number of amides is 3. The van der Waals surface area contributed by atoms with Gasteiger partial charge in [0, 0.05) is 5.02 Å². The van der Waals surface area contributed by atoms with E-state index < -0.39 is 36.3 Å². The van der Waals surface area contributed by atoms with Crippen molar-refractivity contribution in [3.63, 3.8) is 0 Å². The number of carbonyl (C=O) groups excluding carboxylic acids is 4. The Kier molecular flexibility index (Phi) is 5.98. The van der Waals surface area contributed by atoms with Crippen molar-refractivity contribution in [2.24, 2.45) is 0 Å². The van der Waals surface area contributed by atoms with E-state index in [0.717, 1.165) is 10.5 Å². The Hall–Kier alpha value is -3.19. The number of hydrogen-bond donors (Lipinski definition) is 1. The maximum atomic E-state index is 12.4. The van der Waals surface area contributed by atoms with Crippen molar-refractivity contribution in [2.45, 2.75) is 25.9 Å². The molecule has 2 atom stereocenters. The highest BCUT2D eigenvalue weighted by atomic mass is 35.5. The zero-order valence-corrected chi connectivity index (χ0v) is 16.6. The quantitative estimate of drug-likeness (QED) is 0.579. The number of imide groups is 1. The molecule has 2 aromatic rings. The molecule has 0 bridgehead atoms. The van der Waals surface area contributed by atoms with E-state index in [1.165, 1.54) is 19.1 Å². The van der Waals surface area contributed by atoms with Crippen LogP contribution in [0, 0.1) is 0 Å². The highest BCUT2D eigenvalue weighted by molar-refractivity contribution is 6.31. The number of fused-ring (bicyclic) bond motifs is 1. The van der Waals surface area contributed by atoms with Gasteiger partial charge in [-0.05, 0) is 37.6 Å². The molecule has 0 unspecified atom stereocenters. The first kappa shape index (κ1) is 20.5. The number of ether oxygens (including phenoxy) is 1. The van der Waals surface area contributed by atoms with Gasteiger partial charge in [0.05, 0.1) is 17.2 Å². The number of carbonyl (C=O) groups is 4. The summed E-state index contributed by atoms with van der Waals surface area (Å²) in [6.07, 6.45) is 0. The molecule has 2 aromatic carbocycles. The monoisotopic (exact) mass is 414 g/mol. The van der Waals surface area contributed by atoms with Gasteiger partial charge >= 0.3 is 5.97 Å². The summed E-state index contributed by atoms with van der Waals surface area (Å²) in [4.78, 5) is 50.1. The molecular formula is C21H19ClN2O5. The average Bonchev–Trinajstić information content (AvgIpc) is 2.96. The molecule has 7 nitrogen and oxygen atoms in total. The van der Waals surface area contributed by atoms with E-state index in [1.807, 2.05) is 0 Å². The van der Waals surface area contributed by atoms with Crippen LogP contribution in [-0.2, 0) is 14.3 Å². The summed E-state index contributed by atoms with van der Waals surface area (Å²) >= 11 is 6.10. The lowest BCUT2D eigenvalue weighted by atomic mass is 10.1. The molecule has 8 heteroatoms. The van der Waals surface area contributed by atoms with Crippen LogP contribution in [0.2, 0.25) is 5.02 Å². The maximum absolute atomic E-state index is 12.4. The molecule has 0 aliphatic carbocycles. The number of esters is 1. The van der Waals surface area contributed by atoms with Gasteiger partial charge in [0.15, 0.2) is 6.61 Å². The van der Waals surface area contributed by atoms with Crippen LogP contribution in [0.3, 0.4) is 0 Å². The Morgan fingerprint density at radius 3 is 2.14 bits per heavy atom. The number of rotatable bonds is 6. The first-order valence-corrected chi connectivity index (χ1v) is 9.36. The minimum atomic E-state index is -1.16. The van der Waals surface area contributed by atoms with E-state index in [0.29, 0.717) is 5.02 Å². The molecule has 1 aliphatic rings. The van der Waals surface area contributed by atoms with Crippen LogP contribution in [0.25, 0.3) is 0 Å². The fraction of sp³-hybridized carbons (Fsp3) is 0.238. The molecule has 0 fully saturated rings. The third-order valence-corrected chi connectivity index (χ3v) is 4.99. The van der Waals surface area contributed by atoms with Crippen LogP contribution in [0.1, 0.15) is 46.2 Å². The highest BCUT2D eigenvalue weighted by Crippen LogP contribution is 2.25. The topological polar surface area (TPSA) is 92.8 Å². The van der Waals surface area contributed by atoms with Gasteiger partial charge in [0.25, 0.3) is 17.7 Å². The molecule has 0 radical (unpaired) electrons. The van der Waals surface area contributed by atoms with E-state index in [2.05, 4.69) is 5.32 Å². The third-order valence-electron chi connectivity index (χ3n) is 4.65. The molecule has 1 N–H and O–H groups in total. The largest absolute Gasteiger partial charge is 0.454 e. The fourth-order valence-electron chi connectivity index (χ4n) is 3.11. The SMILES string of the molecule is C[C@H](C(=O)OCC(=O)N[C@H](C)c1ccccc1Cl)N1C(=O)c2ccccc2C1=O. The molecule has 29 heavy (non-hydrogen) atoms. The van der Waals surface area contributed by atoms with E-state index in [-0.39, 0.29) is 17.2 Å². The highest BCUT2D eigenvalue weighted by Gasteiger charge is 2.41. The predicted molar refractivity (Wildman–Crippen MR) is 105 cm³/mol. The summed E-state index contributed by atoms with van der Waals surface area (Å²) in [5, 5.41) is 3.20. The molecule has 1 aliphatic heterocycles.